The number of ether oxygens (including phenoxy) is 1. The minimum Gasteiger partial charge on any atom is -0.494 e. The van der Waals surface area contributed by atoms with E-state index in [2.05, 4.69) is 10.9 Å². The predicted molar refractivity (Wildman–Crippen MR) is 128 cm³/mol. The van der Waals surface area contributed by atoms with E-state index in [9.17, 15) is 13.2 Å². The van der Waals surface area contributed by atoms with Gasteiger partial charge in [-0.25, -0.2) is 8.42 Å². The summed E-state index contributed by atoms with van der Waals surface area (Å²) in [6, 6.07) is 11.4. The fraction of sp³-hybridized carbons (Fsp3) is 0.333. The van der Waals surface area contributed by atoms with Crippen molar-refractivity contribution in [3.63, 3.8) is 0 Å². The molecule has 1 amide bonds. The third-order valence-electron chi connectivity index (χ3n) is 5.54. The molecule has 172 valence electrons. The molecule has 1 unspecified atom stereocenters. The standard InChI is InChI=1S/C24H25N3O4S2/c1-4-14-26-20-13-10-18(31-5-2)16-22(20)32-24(26)25-23(28)21-7-6-15-27(21)33(29,30)19-11-8-17(3)9-12-19/h1,8-13,16,21H,5-7,14-15H2,2-3H3. The van der Waals surface area contributed by atoms with Crippen LogP contribution in [0, 0.1) is 19.3 Å². The van der Waals surface area contributed by atoms with Crippen molar-refractivity contribution in [3.05, 3.63) is 52.8 Å². The number of aryl methyl sites for hydroxylation is 1. The maximum absolute atomic E-state index is 13.2. The molecule has 2 aromatic carbocycles. The molecule has 1 atom stereocenters. The number of thiazole rings is 1. The Morgan fingerprint density at radius 3 is 2.73 bits per heavy atom. The zero-order chi connectivity index (χ0) is 23.6. The van der Waals surface area contributed by atoms with Crippen LogP contribution in [0.15, 0.2) is 52.4 Å². The molecule has 0 bridgehead atoms. The van der Waals surface area contributed by atoms with Gasteiger partial charge < -0.3 is 9.30 Å². The monoisotopic (exact) mass is 483 g/mol. The Bertz CT molecular complexity index is 1400. The molecule has 33 heavy (non-hydrogen) atoms. The number of carbonyl (C=O) groups excluding carboxylic acids is 1. The van der Waals surface area contributed by atoms with E-state index in [1.54, 1.807) is 28.8 Å². The number of hydrogen-bond acceptors (Lipinski definition) is 5. The van der Waals surface area contributed by atoms with Crippen molar-refractivity contribution in [1.29, 1.82) is 0 Å². The van der Waals surface area contributed by atoms with Gasteiger partial charge in [0.05, 0.1) is 28.3 Å². The van der Waals surface area contributed by atoms with Crippen LogP contribution in [-0.4, -0.2) is 42.4 Å². The van der Waals surface area contributed by atoms with E-state index in [0.29, 0.717) is 24.2 Å². The number of carbonyl (C=O) groups is 1. The summed E-state index contributed by atoms with van der Waals surface area (Å²) in [5, 5.41) is 0. The molecule has 0 spiro atoms. The summed E-state index contributed by atoms with van der Waals surface area (Å²) in [4.78, 5) is 18.2. The van der Waals surface area contributed by atoms with Crippen LogP contribution in [0.1, 0.15) is 25.3 Å². The average Bonchev–Trinajstić information content (AvgIpc) is 3.40. The lowest BCUT2D eigenvalue weighted by Crippen LogP contribution is -2.40. The second-order valence-electron chi connectivity index (χ2n) is 7.77. The molecule has 1 aliphatic rings. The van der Waals surface area contributed by atoms with E-state index in [0.717, 1.165) is 21.5 Å². The Kier molecular flexibility index (Phi) is 6.70. The number of sulfonamides is 1. The number of fused-ring (bicyclic) bond motifs is 1. The Balaban J connectivity index is 1.71. The van der Waals surface area contributed by atoms with Crippen LogP contribution in [0.2, 0.25) is 0 Å². The highest BCUT2D eigenvalue weighted by molar-refractivity contribution is 7.89. The molecule has 0 radical (unpaired) electrons. The highest BCUT2D eigenvalue weighted by Gasteiger charge is 2.39. The maximum atomic E-state index is 13.2. The first-order valence-corrected chi connectivity index (χ1v) is 13.0. The van der Waals surface area contributed by atoms with Gasteiger partial charge in [-0.1, -0.05) is 35.0 Å². The number of rotatable bonds is 6. The fourth-order valence-corrected chi connectivity index (χ4v) is 6.64. The second kappa shape index (κ2) is 9.51. The van der Waals surface area contributed by atoms with E-state index in [-0.39, 0.29) is 18.0 Å². The molecule has 0 saturated carbocycles. The third kappa shape index (κ3) is 4.60. The summed E-state index contributed by atoms with van der Waals surface area (Å²) in [6.45, 7) is 4.89. The smallest absolute Gasteiger partial charge is 0.266 e. The van der Waals surface area contributed by atoms with Gasteiger partial charge in [-0.2, -0.15) is 9.30 Å². The first kappa shape index (κ1) is 23.2. The van der Waals surface area contributed by atoms with Crippen LogP contribution in [-0.2, 0) is 21.4 Å². The van der Waals surface area contributed by atoms with Gasteiger partial charge in [0.1, 0.15) is 11.8 Å². The number of amides is 1. The number of terminal acetylenes is 1. The Morgan fingerprint density at radius 1 is 1.27 bits per heavy atom. The van der Waals surface area contributed by atoms with Crippen molar-refractivity contribution in [3.8, 4) is 18.1 Å². The van der Waals surface area contributed by atoms with Gasteiger partial charge in [0.15, 0.2) is 4.80 Å². The number of benzene rings is 2. The molecule has 3 aromatic rings. The quantitative estimate of drug-likeness (QED) is 0.504. The van der Waals surface area contributed by atoms with Gasteiger partial charge in [0, 0.05) is 6.54 Å². The highest BCUT2D eigenvalue weighted by Crippen LogP contribution is 2.28. The van der Waals surface area contributed by atoms with Crippen molar-refractivity contribution in [2.24, 2.45) is 4.99 Å². The number of aromatic nitrogens is 1. The molecule has 1 saturated heterocycles. The van der Waals surface area contributed by atoms with E-state index in [4.69, 9.17) is 11.2 Å². The van der Waals surface area contributed by atoms with Gasteiger partial charge in [-0.3, -0.25) is 4.79 Å². The first-order valence-electron chi connectivity index (χ1n) is 10.7. The van der Waals surface area contributed by atoms with Crippen molar-refractivity contribution in [2.75, 3.05) is 13.2 Å². The zero-order valence-corrected chi connectivity index (χ0v) is 20.2. The highest BCUT2D eigenvalue weighted by atomic mass is 32.2. The SMILES string of the molecule is C#CCn1c(=NC(=O)C2CCCN2S(=O)(=O)c2ccc(C)cc2)sc2cc(OCC)ccc21. The number of nitrogens with zero attached hydrogens (tertiary/aromatic N) is 3. The molecule has 1 aliphatic heterocycles. The zero-order valence-electron chi connectivity index (χ0n) is 18.5. The van der Waals surface area contributed by atoms with E-state index >= 15 is 0 Å². The van der Waals surface area contributed by atoms with Crippen LogP contribution in [0.25, 0.3) is 10.2 Å². The van der Waals surface area contributed by atoms with Crippen LogP contribution in [0.5, 0.6) is 5.75 Å². The van der Waals surface area contributed by atoms with Crippen molar-refractivity contribution >= 4 is 37.5 Å². The summed E-state index contributed by atoms with van der Waals surface area (Å²) in [7, 11) is -3.80. The minimum atomic E-state index is -3.80. The van der Waals surface area contributed by atoms with Gasteiger partial charge in [0.2, 0.25) is 10.0 Å². The fourth-order valence-electron chi connectivity index (χ4n) is 3.93. The minimum absolute atomic E-state index is 0.181. The molecule has 0 N–H and O–H groups in total. The summed E-state index contributed by atoms with van der Waals surface area (Å²) in [6.07, 6.45) is 6.59. The lowest BCUT2D eigenvalue weighted by molar-refractivity contribution is -0.121. The molecular weight excluding hydrogens is 458 g/mol. The molecule has 0 aliphatic carbocycles. The van der Waals surface area contributed by atoms with Crippen molar-refractivity contribution in [2.45, 2.75) is 44.2 Å². The molecule has 7 nitrogen and oxygen atoms in total. The van der Waals surface area contributed by atoms with Gasteiger partial charge in [-0.15, -0.1) is 6.42 Å². The number of hydrogen-bond donors (Lipinski definition) is 0. The van der Waals surface area contributed by atoms with Crippen LogP contribution in [0.4, 0.5) is 0 Å². The summed E-state index contributed by atoms with van der Waals surface area (Å²) >= 11 is 1.33. The topological polar surface area (TPSA) is 81.0 Å². The van der Waals surface area contributed by atoms with E-state index < -0.39 is 22.0 Å². The normalized spacial score (nSPS) is 17.4. The van der Waals surface area contributed by atoms with Crippen LogP contribution in [0.3, 0.4) is 0 Å². The van der Waals surface area contributed by atoms with Gasteiger partial charge in [0.25, 0.3) is 5.91 Å². The summed E-state index contributed by atoms with van der Waals surface area (Å²) in [5.74, 6) is 2.85. The average molecular weight is 484 g/mol. The Labute approximate surface area is 197 Å². The van der Waals surface area contributed by atoms with Crippen molar-refractivity contribution < 1.29 is 17.9 Å². The second-order valence-corrected chi connectivity index (χ2v) is 10.7. The lowest BCUT2D eigenvalue weighted by atomic mass is 10.2. The third-order valence-corrected chi connectivity index (χ3v) is 8.50. The van der Waals surface area contributed by atoms with Crippen molar-refractivity contribution in [1.82, 2.24) is 8.87 Å². The van der Waals surface area contributed by atoms with E-state index in [1.807, 2.05) is 32.0 Å². The molecular formula is C24H25N3O4S2. The Morgan fingerprint density at radius 2 is 2.03 bits per heavy atom. The molecule has 9 heteroatoms. The largest absolute Gasteiger partial charge is 0.494 e. The molecule has 2 heterocycles. The first-order chi connectivity index (χ1) is 15.8. The van der Waals surface area contributed by atoms with Gasteiger partial charge >= 0.3 is 0 Å². The van der Waals surface area contributed by atoms with Gasteiger partial charge in [-0.05, 0) is 57.0 Å². The van der Waals surface area contributed by atoms with Crippen LogP contribution < -0.4 is 9.54 Å². The molecule has 1 aromatic heterocycles. The van der Waals surface area contributed by atoms with E-state index in [1.165, 1.54) is 15.6 Å². The Hall–Kier alpha value is -2.93. The van der Waals surface area contributed by atoms with Crippen LogP contribution >= 0.6 is 11.3 Å². The lowest BCUT2D eigenvalue weighted by Gasteiger charge is -2.21. The molecule has 4 rings (SSSR count). The summed E-state index contributed by atoms with van der Waals surface area (Å²) in [5.41, 5.74) is 1.82. The molecule has 1 fully saturated rings. The summed E-state index contributed by atoms with van der Waals surface area (Å²) < 4.78 is 35.9. The predicted octanol–water partition coefficient (Wildman–Crippen LogP) is 3.32. The maximum Gasteiger partial charge on any atom is 0.266 e.